The van der Waals surface area contributed by atoms with Gasteiger partial charge in [0.25, 0.3) is 5.91 Å². The van der Waals surface area contributed by atoms with Crippen LogP contribution in [-0.2, 0) is 11.8 Å². The average molecular weight is 313 g/mol. The first kappa shape index (κ1) is 14.8. The Morgan fingerprint density at radius 3 is 2.78 bits per heavy atom. The molecule has 1 aromatic carbocycles. The van der Waals surface area contributed by atoms with E-state index in [0.717, 1.165) is 0 Å². The van der Waals surface area contributed by atoms with Gasteiger partial charge in [0.15, 0.2) is 5.69 Å². The van der Waals surface area contributed by atoms with Gasteiger partial charge in [-0.3, -0.25) is 9.48 Å². The summed E-state index contributed by atoms with van der Waals surface area (Å²) in [5.74, 6) is -1.08. The van der Waals surface area contributed by atoms with Crippen molar-refractivity contribution in [2.75, 3.05) is 11.9 Å². The third-order valence-corrected chi connectivity index (χ3v) is 3.24. The highest BCUT2D eigenvalue weighted by Crippen LogP contribution is 2.31. The van der Waals surface area contributed by atoms with E-state index in [1.165, 1.54) is 4.68 Å². The number of benzene rings is 1. The summed E-state index contributed by atoms with van der Waals surface area (Å²) in [6, 6.07) is 8.64. The molecule has 0 aliphatic carbocycles. The molecule has 0 fully saturated rings. The Morgan fingerprint density at radius 2 is 2.09 bits per heavy atom. The number of hydrogen-bond acceptors (Lipinski definition) is 5. The number of para-hydroxylation sites is 1. The summed E-state index contributed by atoms with van der Waals surface area (Å²) in [5.41, 5.74) is 1.02. The second kappa shape index (κ2) is 5.96. The lowest BCUT2D eigenvalue weighted by Crippen LogP contribution is -2.15. The number of nitrogens with one attached hydrogen (secondary N) is 1. The molecule has 0 aliphatic rings. The molecule has 0 aliphatic heterocycles. The van der Waals surface area contributed by atoms with Gasteiger partial charge >= 0.3 is 5.97 Å². The predicted molar refractivity (Wildman–Crippen MR) is 83.3 cm³/mol. The maximum atomic E-state index is 12.3. The van der Waals surface area contributed by atoms with Crippen molar-refractivity contribution in [3.8, 4) is 0 Å². The Balaban J connectivity index is 2.02. The number of carbonyl (C=O) groups is 2. The van der Waals surface area contributed by atoms with Gasteiger partial charge in [0.2, 0.25) is 5.76 Å². The highest BCUT2D eigenvalue weighted by molar-refractivity contribution is 6.12. The maximum absolute atomic E-state index is 12.3. The van der Waals surface area contributed by atoms with Gasteiger partial charge in [0.05, 0.1) is 6.61 Å². The number of aromatic nitrogens is 2. The number of ether oxygens (including phenoxy) is 1. The molecule has 2 aromatic heterocycles. The molecule has 0 atom stereocenters. The zero-order valence-electron chi connectivity index (χ0n) is 12.7. The van der Waals surface area contributed by atoms with Crippen molar-refractivity contribution in [2.45, 2.75) is 6.92 Å². The van der Waals surface area contributed by atoms with Crippen LogP contribution in [0.4, 0.5) is 5.69 Å². The summed E-state index contributed by atoms with van der Waals surface area (Å²) in [6.45, 7) is 1.91. The van der Waals surface area contributed by atoms with Crippen LogP contribution in [0.3, 0.4) is 0 Å². The van der Waals surface area contributed by atoms with Gasteiger partial charge in [-0.1, -0.05) is 12.1 Å². The summed E-state index contributed by atoms with van der Waals surface area (Å²) in [6.07, 6.45) is 1.66. The van der Waals surface area contributed by atoms with Crippen LogP contribution in [0, 0.1) is 0 Å². The first-order valence-electron chi connectivity index (χ1n) is 7.09. The van der Waals surface area contributed by atoms with E-state index in [9.17, 15) is 9.59 Å². The van der Waals surface area contributed by atoms with Crippen LogP contribution in [0.25, 0.3) is 11.0 Å². The number of aryl methyl sites for hydroxylation is 1. The van der Waals surface area contributed by atoms with Crippen molar-refractivity contribution in [1.82, 2.24) is 9.78 Å². The molecule has 0 bridgehead atoms. The lowest BCUT2D eigenvalue weighted by Gasteiger charge is -2.04. The van der Waals surface area contributed by atoms with E-state index in [0.29, 0.717) is 11.0 Å². The Morgan fingerprint density at radius 1 is 1.30 bits per heavy atom. The number of fused-ring (bicyclic) bond motifs is 1. The molecule has 118 valence electrons. The molecule has 23 heavy (non-hydrogen) atoms. The van der Waals surface area contributed by atoms with E-state index >= 15 is 0 Å². The van der Waals surface area contributed by atoms with Crippen LogP contribution in [-0.4, -0.2) is 28.3 Å². The van der Waals surface area contributed by atoms with E-state index in [4.69, 9.17) is 9.15 Å². The molecule has 3 rings (SSSR count). The Kier molecular flexibility index (Phi) is 3.84. The number of amides is 1. The molecule has 0 radical (unpaired) electrons. The van der Waals surface area contributed by atoms with Crippen LogP contribution in [0.2, 0.25) is 0 Å². The van der Waals surface area contributed by atoms with Gasteiger partial charge in [-0.25, -0.2) is 4.79 Å². The quantitative estimate of drug-likeness (QED) is 0.748. The lowest BCUT2D eigenvalue weighted by atomic mass is 10.2. The van der Waals surface area contributed by atoms with Crippen molar-refractivity contribution >= 4 is 28.5 Å². The van der Waals surface area contributed by atoms with Gasteiger partial charge < -0.3 is 14.5 Å². The van der Waals surface area contributed by atoms with Crippen LogP contribution in [0.5, 0.6) is 0 Å². The molecule has 1 amide bonds. The summed E-state index contributed by atoms with van der Waals surface area (Å²) in [4.78, 5) is 24.4. The standard InChI is InChI=1S/C16H15N3O4/c1-3-22-16(21)14-13(10-6-4-5-7-12(10)23-14)17-15(20)11-8-9-19(2)18-11/h4-9H,3H2,1-2H3,(H,17,20). The number of nitrogens with zero attached hydrogens (tertiary/aromatic N) is 2. The first-order valence-corrected chi connectivity index (χ1v) is 7.09. The highest BCUT2D eigenvalue weighted by atomic mass is 16.5. The number of anilines is 1. The second-order valence-corrected chi connectivity index (χ2v) is 4.85. The Labute approximate surface area is 131 Å². The third kappa shape index (κ3) is 2.80. The third-order valence-electron chi connectivity index (χ3n) is 3.24. The Bertz CT molecular complexity index is 878. The largest absolute Gasteiger partial charge is 0.460 e. The SMILES string of the molecule is CCOC(=O)c1oc2ccccc2c1NC(=O)c1ccn(C)n1. The van der Waals surface area contributed by atoms with Crippen LogP contribution in [0.15, 0.2) is 40.9 Å². The molecule has 7 heteroatoms. The van der Waals surface area contributed by atoms with Gasteiger partial charge in [-0.2, -0.15) is 5.10 Å². The molecule has 0 spiro atoms. The topological polar surface area (TPSA) is 86.4 Å². The summed E-state index contributed by atoms with van der Waals surface area (Å²) in [5, 5.41) is 7.36. The molecular formula is C16H15N3O4. The minimum Gasteiger partial charge on any atom is -0.460 e. The predicted octanol–water partition coefficient (Wildman–Crippen LogP) is 2.60. The molecule has 0 saturated heterocycles. The van der Waals surface area contributed by atoms with E-state index in [1.54, 1.807) is 50.5 Å². The molecule has 2 heterocycles. The van der Waals surface area contributed by atoms with E-state index in [1.807, 2.05) is 0 Å². The van der Waals surface area contributed by atoms with Gasteiger partial charge in [-0.15, -0.1) is 0 Å². The van der Waals surface area contributed by atoms with Crippen molar-refractivity contribution in [1.29, 1.82) is 0 Å². The lowest BCUT2D eigenvalue weighted by molar-refractivity contribution is 0.0494. The van der Waals surface area contributed by atoms with Gasteiger partial charge in [0.1, 0.15) is 11.3 Å². The fourth-order valence-corrected chi connectivity index (χ4v) is 2.22. The minimum absolute atomic E-state index is 0.0302. The average Bonchev–Trinajstić information content (AvgIpc) is 3.12. The minimum atomic E-state index is -0.625. The Hall–Kier alpha value is -3.09. The first-order chi connectivity index (χ1) is 11.1. The summed E-state index contributed by atoms with van der Waals surface area (Å²) >= 11 is 0. The smallest absolute Gasteiger partial charge is 0.376 e. The maximum Gasteiger partial charge on any atom is 0.376 e. The number of furan rings is 1. The van der Waals surface area contributed by atoms with Crippen molar-refractivity contribution in [2.24, 2.45) is 7.05 Å². The monoisotopic (exact) mass is 313 g/mol. The van der Waals surface area contributed by atoms with Crippen LogP contribution in [0.1, 0.15) is 28.0 Å². The van der Waals surface area contributed by atoms with E-state index in [-0.39, 0.29) is 23.7 Å². The van der Waals surface area contributed by atoms with Gasteiger partial charge in [-0.05, 0) is 25.1 Å². The van der Waals surface area contributed by atoms with E-state index < -0.39 is 11.9 Å². The number of hydrogen-bond donors (Lipinski definition) is 1. The van der Waals surface area contributed by atoms with Crippen molar-refractivity contribution in [3.05, 3.63) is 48.0 Å². The molecular weight excluding hydrogens is 298 g/mol. The molecule has 0 unspecified atom stereocenters. The van der Waals surface area contributed by atoms with E-state index in [2.05, 4.69) is 10.4 Å². The highest BCUT2D eigenvalue weighted by Gasteiger charge is 2.24. The molecule has 7 nitrogen and oxygen atoms in total. The van der Waals surface area contributed by atoms with Crippen LogP contribution < -0.4 is 5.32 Å². The van der Waals surface area contributed by atoms with Crippen molar-refractivity contribution < 1.29 is 18.7 Å². The molecule has 0 saturated carbocycles. The summed E-state index contributed by atoms with van der Waals surface area (Å²) < 4.78 is 12.0. The summed E-state index contributed by atoms with van der Waals surface area (Å²) in [7, 11) is 1.72. The number of esters is 1. The normalized spacial score (nSPS) is 10.7. The zero-order valence-corrected chi connectivity index (χ0v) is 12.7. The molecule has 1 N–H and O–H groups in total. The van der Waals surface area contributed by atoms with Gasteiger partial charge in [0, 0.05) is 18.6 Å². The fraction of sp³-hybridized carbons (Fsp3) is 0.188. The van der Waals surface area contributed by atoms with Crippen molar-refractivity contribution in [3.63, 3.8) is 0 Å². The van der Waals surface area contributed by atoms with Crippen LogP contribution >= 0.6 is 0 Å². The number of carbonyl (C=O) groups excluding carboxylic acids is 2. The number of rotatable bonds is 4. The second-order valence-electron chi connectivity index (χ2n) is 4.85. The zero-order chi connectivity index (χ0) is 16.4. The molecule has 3 aromatic rings. The fourth-order valence-electron chi connectivity index (χ4n) is 2.22.